The van der Waals surface area contributed by atoms with Crippen LogP contribution in [-0.2, 0) is 10.0 Å². The molecule has 0 aliphatic carbocycles. The molecule has 1 rings (SSSR count). The van der Waals surface area contributed by atoms with E-state index in [1.54, 1.807) is 30.4 Å². The number of halogens is 1. The second-order valence-corrected chi connectivity index (χ2v) is 6.08. The third-order valence-electron chi connectivity index (χ3n) is 2.07. The van der Waals surface area contributed by atoms with Gasteiger partial charge < -0.3 is 5.73 Å². The summed E-state index contributed by atoms with van der Waals surface area (Å²) >= 11 is 3.25. The van der Waals surface area contributed by atoms with Crippen LogP contribution in [0.15, 0.2) is 39.7 Å². The van der Waals surface area contributed by atoms with Crippen molar-refractivity contribution in [2.24, 2.45) is 5.73 Å². The minimum absolute atomic E-state index is 0.236. The summed E-state index contributed by atoms with van der Waals surface area (Å²) in [5, 5.41) is 0. The number of hydrogen-bond acceptors (Lipinski definition) is 3. The third-order valence-corrected chi connectivity index (χ3v) is 4.47. The average molecular weight is 319 g/mol. The van der Waals surface area contributed by atoms with Crippen molar-refractivity contribution in [3.63, 3.8) is 0 Å². The molecule has 0 aliphatic heterocycles. The standard InChI is InChI=1S/C11H15BrN2O2S/c1-9-4-5-11(10(12)8-9)17(15,16)14-7-3-2-6-13/h2-5,8,14H,6-7,13H2,1H3/b3-2+. The predicted octanol–water partition coefficient (Wildman–Crippen LogP) is 1.55. The summed E-state index contributed by atoms with van der Waals surface area (Å²) in [6, 6.07) is 5.10. The van der Waals surface area contributed by atoms with Crippen molar-refractivity contribution in [3.8, 4) is 0 Å². The maximum absolute atomic E-state index is 11.9. The van der Waals surface area contributed by atoms with Crippen LogP contribution in [-0.4, -0.2) is 21.5 Å². The van der Waals surface area contributed by atoms with Gasteiger partial charge in [-0.2, -0.15) is 0 Å². The Morgan fingerprint density at radius 2 is 2.12 bits per heavy atom. The zero-order valence-corrected chi connectivity index (χ0v) is 11.9. The minimum atomic E-state index is -3.48. The molecule has 4 nitrogen and oxygen atoms in total. The van der Waals surface area contributed by atoms with E-state index in [9.17, 15) is 8.42 Å². The van der Waals surface area contributed by atoms with Gasteiger partial charge in [-0.05, 0) is 40.5 Å². The lowest BCUT2D eigenvalue weighted by Gasteiger charge is -2.07. The van der Waals surface area contributed by atoms with E-state index in [4.69, 9.17) is 5.73 Å². The Balaban J connectivity index is 2.86. The number of nitrogens with two attached hydrogens (primary N) is 1. The zero-order chi connectivity index (χ0) is 12.9. The Bertz CT molecular complexity index is 512. The van der Waals surface area contributed by atoms with Gasteiger partial charge in [-0.15, -0.1) is 0 Å². The molecule has 0 saturated carbocycles. The molecule has 0 amide bonds. The highest BCUT2D eigenvalue weighted by molar-refractivity contribution is 9.10. The van der Waals surface area contributed by atoms with E-state index in [0.29, 0.717) is 11.0 Å². The molecule has 0 radical (unpaired) electrons. The first-order valence-corrected chi connectivity index (χ1v) is 7.36. The lowest BCUT2D eigenvalue weighted by Crippen LogP contribution is -2.24. The molecule has 6 heteroatoms. The largest absolute Gasteiger partial charge is 0.327 e. The van der Waals surface area contributed by atoms with Gasteiger partial charge in [-0.3, -0.25) is 0 Å². The Labute approximate surface area is 110 Å². The van der Waals surface area contributed by atoms with Crippen LogP contribution in [0.5, 0.6) is 0 Å². The number of nitrogens with one attached hydrogen (secondary N) is 1. The van der Waals surface area contributed by atoms with Gasteiger partial charge in [0.05, 0.1) is 4.90 Å². The van der Waals surface area contributed by atoms with E-state index in [1.807, 2.05) is 6.92 Å². The zero-order valence-electron chi connectivity index (χ0n) is 9.48. The molecule has 94 valence electrons. The molecule has 0 atom stereocenters. The van der Waals surface area contributed by atoms with Crippen molar-refractivity contribution in [3.05, 3.63) is 40.4 Å². The maximum atomic E-state index is 11.9. The molecule has 0 fully saturated rings. The molecule has 0 aliphatic rings. The van der Waals surface area contributed by atoms with Gasteiger partial charge in [0, 0.05) is 17.6 Å². The first-order valence-electron chi connectivity index (χ1n) is 5.08. The van der Waals surface area contributed by atoms with Crippen molar-refractivity contribution in [1.82, 2.24) is 4.72 Å². The van der Waals surface area contributed by atoms with E-state index in [2.05, 4.69) is 20.7 Å². The van der Waals surface area contributed by atoms with E-state index in [1.165, 1.54) is 0 Å². The Hall–Kier alpha value is -0.690. The summed E-state index contributed by atoms with van der Waals surface area (Å²) in [7, 11) is -3.48. The summed E-state index contributed by atoms with van der Waals surface area (Å²) in [5.41, 5.74) is 6.26. The fourth-order valence-electron chi connectivity index (χ4n) is 1.24. The van der Waals surface area contributed by atoms with E-state index < -0.39 is 10.0 Å². The quantitative estimate of drug-likeness (QED) is 0.809. The summed E-state index contributed by atoms with van der Waals surface area (Å²) in [6.45, 7) is 2.54. The number of hydrogen-bond donors (Lipinski definition) is 2. The molecule has 0 saturated heterocycles. The molecule has 0 unspecified atom stereocenters. The molecule has 0 bridgehead atoms. The van der Waals surface area contributed by atoms with Crippen molar-refractivity contribution in [2.75, 3.05) is 13.1 Å². The van der Waals surface area contributed by atoms with Gasteiger partial charge in [-0.25, -0.2) is 13.1 Å². The number of sulfonamides is 1. The summed E-state index contributed by atoms with van der Waals surface area (Å²) in [6.07, 6.45) is 3.38. The van der Waals surface area contributed by atoms with Gasteiger partial charge in [0.25, 0.3) is 0 Å². The second kappa shape index (κ2) is 6.30. The monoisotopic (exact) mass is 318 g/mol. The topological polar surface area (TPSA) is 72.2 Å². The van der Waals surface area contributed by atoms with Gasteiger partial charge in [0.1, 0.15) is 0 Å². The van der Waals surface area contributed by atoms with Gasteiger partial charge in [0.15, 0.2) is 0 Å². The van der Waals surface area contributed by atoms with Crippen LogP contribution < -0.4 is 10.5 Å². The first-order chi connectivity index (χ1) is 7.97. The third kappa shape index (κ3) is 4.23. The maximum Gasteiger partial charge on any atom is 0.241 e. The first kappa shape index (κ1) is 14.4. The van der Waals surface area contributed by atoms with Crippen LogP contribution in [0, 0.1) is 6.92 Å². The summed E-state index contributed by atoms with van der Waals surface area (Å²) in [4.78, 5) is 0.240. The highest BCUT2D eigenvalue weighted by atomic mass is 79.9. The van der Waals surface area contributed by atoms with Crippen LogP contribution in [0.25, 0.3) is 0 Å². The average Bonchev–Trinajstić information content (AvgIpc) is 2.24. The summed E-state index contributed by atoms with van der Waals surface area (Å²) in [5.74, 6) is 0. The Morgan fingerprint density at radius 1 is 1.41 bits per heavy atom. The molecule has 1 aromatic rings. The predicted molar refractivity (Wildman–Crippen MR) is 72.3 cm³/mol. The van der Waals surface area contributed by atoms with Crippen LogP contribution >= 0.6 is 15.9 Å². The van der Waals surface area contributed by atoms with E-state index in [0.717, 1.165) is 5.56 Å². The number of rotatable bonds is 5. The van der Waals surface area contributed by atoms with Gasteiger partial charge in [0.2, 0.25) is 10.0 Å². The lowest BCUT2D eigenvalue weighted by atomic mass is 10.2. The highest BCUT2D eigenvalue weighted by Crippen LogP contribution is 2.22. The van der Waals surface area contributed by atoms with Crippen molar-refractivity contribution < 1.29 is 8.42 Å². The molecule has 1 aromatic carbocycles. The fourth-order valence-corrected chi connectivity index (χ4v) is 3.41. The van der Waals surface area contributed by atoms with Gasteiger partial charge >= 0.3 is 0 Å². The van der Waals surface area contributed by atoms with E-state index in [-0.39, 0.29) is 11.4 Å². The smallest absolute Gasteiger partial charge is 0.241 e. The fraction of sp³-hybridized carbons (Fsp3) is 0.273. The molecule has 0 heterocycles. The van der Waals surface area contributed by atoms with Crippen LogP contribution in [0.1, 0.15) is 5.56 Å². The molecule has 0 aromatic heterocycles. The van der Waals surface area contributed by atoms with Crippen molar-refractivity contribution >= 4 is 26.0 Å². The van der Waals surface area contributed by atoms with Crippen molar-refractivity contribution in [1.29, 1.82) is 0 Å². The second-order valence-electron chi connectivity index (χ2n) is 3.49. The molecule has 3 N–H and O–H groups in total. The normalized spacial score (nSPS) is 12.2. The molecule has 0 spiro atoms. The number of benzene rings is 1. The van der Waals surface area contributed by atoms with Gasteiger partial charge in [-0.1, -0.05) is 18.2 Å². The summed E-state index contributed by atoms with van der Waals surface area (Å²) < 4.78 is 26.9. The molecular weight excluding hydrogens is 304 g/mol. The number of aryl methyl sites for hydroxylation is 1. The minimum Gasteiger partial charge on any atom is -0.327 e. The van der Waals surface area contributed by atoms with Crippen LogP contribution in [0.3, 0.4) is 0 Å². The molecular formula is C11H15BrN2O2S. The molecule has 17 heavy (non-hydrogen) atoms. The Kier molecular flexibility index (Phi) is 5.32. The highest BCUT2D eigenvalue weighted by Gasteiger charge is 2.16. The van der Waals surface area contributed by atoms with Crippen molar-refractivity contribution in [2.45, 2.75) is 11.8 Å². The van der Waals surface area contributed by atoms with E-state index >= 15 is 0 Å². The lowest BCUT2D eigenvalue weighted by molar-refractivity contribution is 0.585. The van der Waals surface area contributed by atoms with Crippen LogP contribution in [0.2, 0.25) is 0 Å². The van der Waals surface area contributed by atoms with Crippen LogP contribution in [0.4, 0.5) is 0 Å². The Morgan fingerprint density at radius 3 is 2.71 bits per heavy atom. The SMILES string of the molecule is Cc1ccc(S(=O)(=O)NC/C=C/CN)c(Br)c1.